The Morgan fingerprint density at radius 2 is 1.89 bits per heavy atom. The first-order chi connectivity index (χ1) is 13.6. The van der Waals surface area contributed by atoms with Crippen LogP contribution in [0, 0.1) is 0 Å². The number of hydrogen-bond acceptors (Lipinski definition) is 4. The summed E-state index contributed by atoms with van der Waals surface area (Å²) in [5, 5.41) is 3.46. The summed E-state index contributed by atoms with van der Waals surface area (Å²) in [6, 6.07) is 14.5. The van der Waals surface area contributed by atoms with Gasteiger partial charge in [0.25, 0.3) is 11.5 Å². The summed E-state index contributed by atoms with van der Waals surface area (Å²) in [7, 11) is 0. The highest BCUT2D eigenvalue weighted by Gasteiger charge is 2.15. The van der Waals surface area contributed by atoms with Gasteiger partial charge < -0.3 is 19.9 Å². The van der Waals surface area contributed by atoms with Crippen molar-refractivity contribution in [2.75, 3.05) is 25.0 Å². The maximum Gasteiger partial charge on any atom is 0.279 e. The van der Waals surface area contributed by atoms with E-state index in [2.05, 4.69) is 15.3 Å². The molecule has 0 spiro atoms. The highest BCUT2D eigenvalue weighted by atomic mass is 16.5. The van der Waals surface area contributed by atoms with Crippen molar-refractivity contribution < 1.29 is 14.4 Å². The van der Waals surface area contributed by atoms with E-state index < -0.39 is 0 Å². The Hall–Kier alpha value is -3.19. The molecule has 0 aliphatic rings. The van der Waals surface area contributed by atoms with Crippen LogP contribution in [0.4, 0.5) is 5.69 Å². The molecule has 1 aromatic heterocycles. The average Bonchev–Trinajstić information content (AvgIpc) is 2.69. The second-order valence-corrected chi connectivity index (χ2v) is 6.49. The number of likely N-dealkylation sites (N-methyl/N-ethyl adjacent to an activating group) is 1. The van der Waals surface area contributed by atoms with Crippen LogP contribution >= 0.6 is 0 Å². The fraction of sp³-hybridized carbons (Fsp3) is 0.286. The molecular formula is C21H25N4O3+. The Bertz CT molecular complexity index is 998. The minimum absolute atomic E-state index is 0.0934. The molecule has 0 saturated carbocycles. The number of aromatic amines is 1. The number of hydrogen-bond donors (Lipinski definition) is 3. The predicted octanol–water partition coefficient (Wildman–Crippen LogP) is 1.37. The number of benzene rings is 2. The molecule has 1 heterocycles. The standard InChI is InChI=1S/C21H24N4O3/c1-3-25(13-19-23-18-8-6-5-7-17(18)21(27)24-19)14-20(26)22-15-9-11-16(12-10-15)28-4-2/h5-12H,3-4,13-14H2,1-2H3,(H,22,26)(H,23,24,27)/p+1. The number of nitrogens with one attached hydrogen (secondary N) is 3. The summed E-state index contributed by atoms with van der Waals surface area (Å²) in [5.41, 5.74) is 1.23. The Labute approximate surface area is 163 Å². The first-order valence-electron chi connectivity index (χ1n) is 9.43. The summed E-state index contributed by atoms with van der Waals surface area (Å²) < 4.78 is 5.40. The van der Waals surface area contributed by atoms with Gasteiger partial charge in [-0.25, -0.2) is 4.98 Å². The first-order valence-corrected chi connectivity index (χ1v) is 9.43. The van der Waals surface area contributed by atoms with Crippen LogP contribution in [0.15, 0.2) is 53.3 Å². The van der Waals surface area contributed by atoms with E-state index in [9.17, 15) is 9.59 Å². The van der Waals surface area contributed by atoms with Crippen molar-refractivity contribution in [3.8, 4) is 5.75 Å². The van der Waals surface area contributed by atoms with E-state index in [0.717, 1.165) is 22.9 Å². The van der Waals surface area contributed by atoms with E-state index >= 15 is 0 Å². The van der Waals surface area contributed by atoms with Crippen LogP contribution in [0.3, 0.4) is 0 Å². The van der Waals surface area contributed by atoms with Crippen molar-refractivity contribution in [2.45, 2.75) is 20.4 Å². The molecule has 3 N–H and O–H groups in total. The number of rotatable bonds is 8. The number of nitrogens with zero attached hydrogens (tertiary/aromatic N) is 1. The van der Waals surface area contributed by atoms with Gasteiger partial charge in [-0.3, -0.25) is 9.59 Å². The van der Waals surface area contributed by atoms with Crippen molar-refractivity contribution in [3.63, 3.8) is 0 Å². The number of aromatic nitrogens is 2. The molecule has 0 fully saturated rings. The largest absolute Gasteiger partial charge is 0.494 e. The highest BCUT2D eigenvalue weighted by Crippen LogP contribution is 2.15. The zero-order chi connectivity index (χ0) is 19.9. The number of carbonyl (C=O) groups is 1. The smallest absolute Gasteiger partial charge is 0.279 e. The summed E-state index contributed by atoms with van der Waals surface area (Å²) in [6.45, 7) is 6.00. The first kappa shape index (κ1) is 19.6. The number of amides is 1. The lowest BCUT2D eigenvalue weighted by atomic mass is 10.2. The lowest BCUT2D eigenvalue weighted by Gasteiger charge is -2.17. The molecule has 1 atom stereocenters. The maximum atomic E-state index is 12.4. The van der Waals surface area contributed by atoms with Gasteiger partial charge in [0.15, 0.2) is 12.4 Å². The molecule has 7 nitrogen and oxygen atoms in total. The van der Waals surface area contributed by atoms with E-state index in [4.69, 9.17) is 4.74 Å². The molecule has 0 bridgehead atoms. The fourth-order valence-electron chi connectivity index (χ4n) is 3.00. The van der Waals surface area contributed by atoms with Gasteiger partial charge in [-0.1, -0.05) is 12.1 Å². The van der Waals surface area contributed by atoms with Crippen LogP contribution in [0.25, 0.3) is 10.9 Å². The van der Waals surface area contributed by atoms with E-state index in [-0.39, 0.29) is 18.0 Å². The molecule has 146 valence electrons. The Balaban J connectivity index is 1.63. The van der Waals surface area contributed by atoms with Gasteiger partial charge in [0.05, 0.1) is 24.1 Å². The van der Waals surface area contributed by atoms with Crippen molar-refractivity contribution >= 4 is 22.5 Å². The third-order valence-corrected chi connectivity index (χ3v) is 4.44. The molecule has 3 aromatic rings. The predicted molar refractivity (Wildman–Crippen MR) is 109 cm³/mol. The Morgan fingerprint density at radius 1 is 1.14 bits per heavy atom. The van der Waals surface area contributed by atoms with Gasteiger partial charge in [0.2, 0.25) is 0 Å². The third kappa shape index (κ3) is 4.95. The molecule has 0 aliphatic heterocycles. The van der Waals surface area contributed by atoms with Crippen LogP contribution in [0.1, 0.15) is 19.7 Å². The van der Waals surface area contributed by atoms with Gasteiger partial charge in [-0.2, -0.15) is 0 Å². The number of para-hydroxylation sites is 1. The topological polar surface area (TPSA) is 88.5 Å². The minimum Gasteiger partial charge on any atom is -0.494 e. The van der Waals surface area contributed by atoms with Crippen molar-refractivity contribution in [3.05, 3.63) is 64.7 Å². The van der Waals surface area contributed by atoms with E-state index in [1.54, 1.807) is 6.07 Å². The lowest BCUT2D eigenvalue weighted by molar-refractivity contribution is -0.904. The van der Waals surface area contributed by atoms with Crippen LogP contribution in [-0.2, 0) is 11.3 Å². The van der Waals surface area contributed by atoms with E-state index in [1.807, 2.05) is 56.3 Å². The number of anilines is 1. The number of carbonyl (C=O) groups excluding carboxylic acids is 1. The molecule has 1 amide bonds. The van der Waals surface area contributed by atoms with Crippen molar-refractivity contribution in [1.29, 1.82) is 0 Å². The molecule has 0 saturated heterocycles. The van der Waals surface area contributed by atoms with E-state index in [0.29, 0.717) is 29.9 Å². The maximum absolute atomic E-state index is 12.4. The quantitative estimate of drug-likeness (QED) is 0.550. The van der Waals surface area contributed by atoms with Crippen LogP contribution in [-0.4, -0.2) is 35.6 Å². The Kier molecular flexibility index (Phi) is 6.39. The molecule has 1 unspecified atom stereocenters. The van der Waals surface area contributed by atoms with E-state index in [1.165, 1.54) is 0 Å². The summed E-state index contributed by atoms with van der Waals surface area (Å²) in [5.74, 6) is 1.26. The van der Waals surface area contributed by atoms with Gasteiger partial charge in [-0.15, -0.1) is 0 Å². The highest BCUT2D eigenvalue weighted by molar-refractivity contribution is 5.91. The van der Waals surface area contributed by atoms with Gasteiger partial charge in [0, 0.05) is 5.69 Å². The van der Waals surface area contributed by atoms with Crippen LogP contribution in [0.2, 0.25) is 0 Å². The number of fused-ring (bicyclic) bond motifs is 1. The lowest BCUT2D eigenvalue weighted by Crippen LogP contribution is -3.11. The molecule has 7 heteroatoms. The molecule has 3 rings (SSSR count). The van der Waals surface area contributed by atoms with Gasteiger partial charge in [0.1, 0.15) is 12.3 Å². The zero-order valence-corrected chi connectivity index (χ0v) is 16.1. The summed E-state index contributed by atoms with van der Waals surface area (Å²) in [4.78, 5) is 33.0. The number of quaternary nitrogens is 1. The third-order valence-electron chi connectivity index (χ3n) is 4.44. The molecule has 2 aromatic carbocycles. The monoisotopic (exact) mass is 381 g/mol. The molecular weight excluding hydrogens is 356 g/mol. The van der Waals surface area contributed by atoms with Crippen LogP contribution < -0.4 is 20.5 Å². The molecule has 28 heavy (non-hydrogen) atoms. The molecule has 0 aliphatic carbocycles. The fourth-order valence-corrected chi connectivity index (χ4v) is 3.00. The minimum atomic E-state index is -0.158. The zero-order valence-electron chi connectivity index (χ0n) is 16.1. The van der Waals surface area contributed by atoms with Crippen molar-refractivity contribution in [2.24, 2.45) is 0 Å². The van der Waals surface area contributed by atoms with Crippen LogP contribution in [0.5, 0.6) is 5.75 Å². The molecule has 0 radical (unpaired) electrons. The van der Waals surface area contributed by atoms with Crippen molar-refractivity contribution in [1.82, 2.24) is 9.97 Å². The Morgan fingerprint density at radius 3 is 2.61 bits per heavy atom. The second-order valence-electron chi connectivity index (χ2n) is 6.49. The number of ether oxygens (including phenoxy) is 1. The second kappa shape index (κ2) is 9.14. The SMILES string of the molecule is CCOc1ccc(NC(=O)C[NH+](CC)Cc2nc3ccccc3c(=O)[nH]2)cc1. The number of H-pyrrole nitrogens is 1. The van der Waals surface area contributed by atoms with Gasteiger partial charge in [-0.05, 0) is 50.2 Å². The normalized spacial score (nSPS) is 11.9. The summed E-state index contributed by atoms with van der Waals surface area (Å²) >= 11 is 0. The summed E-state index contributed by atoms with van der Waals surface area (Å²) in [6.07, 6.45) is 0. The van der Waals surface area contributed by atoms with Gasteiger partial charge >= 0.3 is 0 Å². The average molecular weight is 381 g/mol.